The second-order valence-electron chi connectivity index (χ2n) is 9.48. The van der Waals surface area contributed by atoms with Crippen molar-refractivity contribution in [1.29, 1.82) is 0 Å². The molecule has 2 atom stereocenters. The van der Waals surface area contributed by atoms with Gasteiger partial charge in [0.1, 0.15) is 17.7 Å². The number of halogens is 1. The van der Waals surface area contributed by atoms with E-state index in [-0.39, 0.29) is 30.1 Å². The second kappa shape index (κ2) is 13.6. The molecule has 0 radical (unpaired) electrons. The molecule has 2 aromatic carbocycles. The van der Waals surface area contributed by atoms with Crippen LogP contribution in [0.3, 0.4) is 0 Å². The van der Waals surface area contributed by atoms with Gasteiger partial charge in [0.25, 0.3) is 5.91 Å². The fourth-order valence-corrected chi connectivity index (χ4v) is 4.57. The van der Waals surface area contributed by atoms with Crippen LogP contribution in [0.4, 0.5) is 0 Å². The number of nitrogens with two attached hydrogens (primary N) is 1. The Balaban J connectivity index is 0.00000456. The summed E-state index contributed by atoms with van der Waals surface area (Å²) >= 11 is 0. The highest BCUT2D eigenvalue weighted by molar-refractivity contribution is 5.94. The third kappa shape index (κ3) is 7.41. The number of nitrogens with one attached hydrogen (secondary N) is 2. The van der Waals surface area contributed by atoms with E-state index in [2.05, 4.69) is 10.6 Å². The predicted molar refractivity (Wildman–Crippen MR) is 144 cm³/mol. The first-order valence-electron chi connectivity index (χ1n) is 12.5. The molecule has 1 unspecified atom stereocenters. The molecule has 1 aliphatic heterocycles. The van der Waals surface area contributed by atoms with Crippen LogP contribution in [0.25, 0.3) is 10.8 Å². The summed E-state index contributed by atoms with van der Waals surface area (Å²) in [6, 6.07) is 12.7. The van der Waals surface area contributed by atoms with E-state index in [1.54, 1.807) is 18.7 Å². The van der Waals surface area contributed by atoms with E-state index < -0.39 is 17.7 Å². The number of hydrogen-bond acceptors (Lipinski definition) is 5. The predicted octanol–water partition coefficient (Wildman–Crippen LogP) is 2.56. The lowest BCUT2D eigenvalue weighted by atomic mass is 10.0. The quantitative estimate of drug-likeness (QED) is 0.396. The van der Waals surface area contributed by atoms with E-state index in [0.717, 1.165) is 22.8 Å². The van der Waals surface area contributed by atoms with Crippen molar-refractivity contribution in [2.24, 2.45) is 5.73 Å². The molecule has 8 nitrogen and oxygen atoms in total. The van der Waals surface area contributed by atoms with Gasteiger partial charge in [0.2, 0.25) is 11.8 Å². The minimum Gasteiger partial charge on any atom is -0.366 e. The fraction of sp³-hybridized carbons (Fsp3) is 0.519. The molecule has 36 heavy (non-hydrogen) atoms. The van der Waals surface area contributed by atoms with E-state index >= 15 is 0 Å². The average molecular weight is 519 g/mol. The van der Waals surface area contributed by atoms with Gasteiger partial charge in [0.15, 0.2) is 0 Å². The van der Waals surface area contributed by atoms with Crippen LogP contribution < -0.4 is 16.4 Å². The van der Waals surface area contributed by atoms with Crippen molar-refractivity contribution in [1.82, 2.24) is 15.5 Å². The molecule has 198 valence electrons. The van der Waals surface area contributed by atoms with Crippen LogP contribution >= 0.6 is 12.4 Å². The van der Waals surface area contributed by atoms with Gasteiger partial charge in [0.05, 0.1) is 0 Å². The fourth-order valence-electron chi connectivity index (χ4n) is 4.57. The van der Waals surface area contributed by atoms with Crippen LogP contribution in [0.5, 0.6) is 0 Å². The highest BCUT2D eigenvalue weighted by Crippen LogP contribution is 2.24. The Bertz CT molecular complexity index is 1050. The van der Waals surface area contributed by atoms with E-state index in [1.165, 1.54) is 0 Å². The van der Waals surface area contributed by atoms with Gasteiger partial charge in [-0.3, -0.25) is 14.4 Å². The summed E-state index contributed by atoms with van der Waals surface area (Å²) in [5.41, 5.74) is 5.49. The standard InChI is InChI=1S/C27H38N4O4.ClH/c1-4-35-27(2,3)26(34)31-16-7-11-23(31)25(33)30-22(24(32)29-15-8-14-28)18-19-12-13-20-9-5-6-10-21(20)17-19;/h5-6,9-10,12-13,17,22-23H,4,7-8,11,14-16,18,28H2,1-3H3,(H,29,32)(H,30,33);1H/t22-,23?;/m1./s1. The Morgan fingerprint density at radius 1 is 1.17 bits per heavy atom. The zero-order valence-corrected chi connectivity index (χ0v) is 22.2. The van der Waals surface area contributed by atoms with Crippen molar-refractivity contribution in [3.05, 3.63) is 48.0 Å². The van der Waals surface area contributed by atoms with Gasteiger partial charge in [0, 0.05) is 26.1 Å². The molecule has 3 amide bonds. The van der Waals surface area contributed by atoms with Gasteiger partial charge in [-0.05, 0) is 62.9 Å². The van der Waals surface area contributed by atoms with Crippen molar-refractivity contribution in [3.8, 4) is 0 Å². The summed E-state index contributed by atoms with van der Waals surface area (Å²) in [5, 5.41) is 8.00. The van der Waals surface area contributed by atoms with Gasteiger partial charge in [-0.1, -0.05) is 42.5 Å². The molecule has 0 spiro atoms. The molecule has 1 aliphatic rings. The Kier molecular flexibility index (Phi) is 11.1. The van der Waals surface area contributed by atoms with Crippen LogP contribution in [-0.2, 0) is 25.5 Å². The van der Waals surface area contributed by atoms with Crippen LogP contribution in [0.15, 0.2) is 42.5 Å². The molecule has 3 rings (SSSR count). The maximum absolute atomic E-state index is 13.3. The topological polar surface area (TPSA) is 114 Å². The third-order valence-corrected chi connectivity index (χ3v) is 6.40. The van der Waals surface area contributed by atoms with E-state index in [1.807, 2.05) is 49.4 Å². The monoisotopic (exact) mass is 518 g/mol. The molecule has 1 fully saturated rings. The number of carbonyl (C=O) groups is 3. The number of benzene rings is 2. The molecular formula is C27H39ClN4O4. The highest BCUT2D eigenvalue weighted by Gasteiger charge is 2.41. The number of likely N-dealkylation sites (tertiary alicyclic amines) is 1. The molecule has 1 heterocycles. The first kappa shape index (κ1) is 29.5. The van der Waals surface area contributed by atoms with Crippen LogP contribution in [0.2, 0.25) is 0 Å². The summed E-state index contributed by atoms with van der Waals surface area (Å²) in [6.45, 7) is 7.08. The summed E-state index contributed by atoms with van der Waals surface area (Å²) < 4.78 is 5.62. The van der Waals surface area contributed by atoms with Gasteiger partial charge < -0.3 is 26.0 Å². The van der Waals surface area contributed by atoms with Crippen molar-refractivity contribution < 1.29 is 19.1 Å². The van der Waals surface area contributed by atoms with Gasteiger partial charge >= 0.3 is 0 Å². The maximum Gasteiger partial charge on any atom is 0.254 e. The largest absolute Gasteiger partial charge is 0.366 e. The lowest BCUT2D eigenvalue weighted by Gasteiger charge is -2.33. The number of nitrogens with zero attached hydrogens (tertiary/aromatic N) is 1. The lowest BCUT2D eigenvalue weighted by Crippen LogP contribution is -2.56. The third-order valence-electron chi connectivity index (χ3n) is 6.40. The normalized spacial score (nSPS) is 16.3. The highest BCUT2D eigenvalue weighted by atomic mass is 35.5. The SMILES string of the molecule is CCOC(C)(C)C(=O)N1CCCC1C(=O)N[C@H](Cc1ccc2ccccc2c1)C(=O)NCCCN.Cl. The van der Waals surface area contributed by atoms with Crippen molar-refractivity contribution in [2.45, 2.75) is 64.1 Å². The molecule has 0 aliphatic carbocycles. The van der Waals surface area contributed by atoms with E-state index in [9.17, 15) is 14.4 Å². The lowest BCUT2D eigenvalue weighted by molar-refractivity contribution is -0.157. The first-order valence-corrected chi connectivity index (χ1v) is 12.5. The zero-order chi connectivity index (χ0) is 25.4. The Hall–Kier alpha value is -2.68. The van der Waals surface area contributed by atoms with Crippen LogP contribution in [0.1, 0.15) is 45.6 Å². The summed E-state index contributed by atoms with van der Waals surface area (Å²) in [7, 11) is 0. The molecular weight excluding hydrogens is 480 g/mol. The van der Waals surface area contributed by atoms with Crippen LogP contribution in [-0.4, -0.2) is 66.5 Å². The summed E-state index contributed by atoms with van der Waals surface area (Å²) in [4.78, 5) is 41.1. The summed E-state index contributed by atoms with van der Waals surface area (Å²) in [6.07, 6.45) is 2.28. The minimum absolute atomic E-state index is 0. The van der Waals surface area contributed by atoms with Crippen LogP contribution in [0, 0.1) is 0 Å². The van der Waals surface area contributed by atoms with Gasteiger partial charge in [-0.15, -0.1) is 12.4 Å². The van der Waals surface area contributed by atoms with E-state index in [0.29, 0.717) is 45.5 Å². The molecule has 0 saturated carbocycles. The molecule has 0 aromatic heterocycles. The number of fused-ring (bicyclic) bond motifs is 1. The molecule has 1 saturated heterocycles. The molecule has 0 bridgehead atoms. The van der Waals surface area contributed by atoms with Crippen molar-refractivity contribution in [3.63, 3.8) is 0 Å². The maximum atomic E-state index is 13.3. The smallest absolute Gasteiger partial charge is 0.254 e. The Morgan fingerprint density at radius 3 is 2.58 bits per heavy atom. The Labute approximate surface area is 219 Å². The molecule has 9 heteroatoms. The second-order valence-corrected chi connectivity index (χ2v) is 9.48. The van der Waals surface area contributed by atoms with E-state index in [4.69, 9.17) is 10.5 Å². The summed E-state index contributed by atoms with van der Waals surface area (Å²) in [5.74, 6) is -0.788. The number of carbonyl (C=O) groups excluding carboxylic acids is 3. The number of ether oxygens (including phenoxy) is 1. The molecule has 4 N–H and O–H groups in total. The first-order chi connectivity index (χ1) is 16.8. The minimum atomic E-state index is -1.01. The van der Waals surface area contributed by atoms with Crippen molar-refractivity contribution >= 4 is 40.9 Å². The number of hydrogen-bond donors (Lipinski definition) is 3. The number of rotatable bonds is 11. The average Bonchev–Trinajstić information content (AvgIpc) is 3.33. The number of amides is 3. The van der Waals surface area contributed by atoms with Crippen molar-refractivity contribution in [2.75, 3.05) is 26.2 Å². The van der Waals surface area contributed by atoms with Gasteiger partial charge in [-0.2, -0.15) is 0 Å². The Morgan fingerprint density at radius 2 is 1.89 bits per heavy atom. The molecule has 2 aromatic rings. The van der Waals surface area contributed by atoms with Gasteiger partial charge in [-0.25, -0.2) is 0 Å². The zero-order valence-electron chi connectivity index (χ0n) is 21.4.